The molecule has 0 spiro atoms. The van der Waals surface area contributed by atoms with E-state index < -0.39 is 18.1 Å². The van der Waals surface area contributed by atoms with Crippen molar-refractivity contribution in [1.82, 2.24) is 5.32 Å². The van der Waals surface area contributed by atoms with Gasteiger partial charge in [0.05, 0.1) is 5.39 Å². The quantitative estimate of drug-likeness (QED) is 0.336. The summed E-state index contributed by atoms with van der Waals surface area (Å²) in [6, 6.07) is 11.9. The Balaban J connectivity index is 1.53. The Hall–Kier alpha value is -3.61. The highest BCUT2D eigenvalue weighted by atomic mass is 16.6. The van der Waals surface area contributed by atoms with Gasteiger partial charge in [-0.05, 0) is 67.9 Å². The van der Waals surface area contributed by atoms with Crippen molar-refractivity contribution in [3.05, 3.63) is 75.1 Å². The second-order valence-electron chi connectivity index (χ2n) is 8.28. The van der Waals surface area contributed by atoms with Crippen molar-refractivity contribution in [2.45, 2.75) is 58.6 Å². The Bertz CT molecular complexity index is 1230. The van der Waals surface area contributed by atoms with Crippen molar-refractivity contribution in [2.24, 2.45) is 0 Å². The first kappa shape index (κ1) is 22.6. The lowest BCUT2D eigenvalue weighted by atomic mass is 9.90. The van der Waals surface area contributed by atoms with Crippen LogP contribution < -0.4 is 15.7 Å². The molecule has 33 heavy (non-hydrogen) atoms. The molecular formula is C26H27NO6. The van der Waals surface area contributed by atoms with E-state index in [1.54, 1.807) is 19.1 Å². The number of carbonyl (C=O) groups is 2. The maximum Gasteiger partial charge on any atom is 0.408 e. The number of fused-ring (bicyclic) bond motifs is 3. The van der Waals surface area contributed by atoms with Crippen LogP contribution >= 0.6 is 0 Å². The fourth-order valence-electron chi connectivity index (χ4n) is 4.16. The number of alkyl carbamates (subject to hydrolysis) is 1. The minimum absolute atomic E-state index is 0.103. The summed E-state index contributed by atoms with van der Waals surface area (Å²) >= 11 is 0. The van der Waals surface area contributed by atoms with E-state index in [1.165, 1.54) is 0 Å². The number of amides is 1. The molecule has 0 fully saturated rings. The Kier molecular flexibility index (Phi) is 6.77. The maximum absolute atomic E-state index is 13.0. The summed E-state index contributed by atoms with van der Waals surface area (Å²) in [6.45, 7) is 3.72. The topological polar surface area (TPSA) is 94.8 Å². The molecule has 1 aliphatic rings. The number of hydrogen-bond donors (Lipinski definition) is 1. The third-order valence-electron chi connectivity index (χ3n) is 5.84. The van der Waals surface area contributed by atoms with E-state index >= 15 is 0 Å². The molecule has 2 aromatic carbocycles. The van der Waals surface area contributed by atoms with Gasteiger partial charge in [0.1, 0.15) is 24.0 Å². The predicted octanol–water partition coefficient (Wildman–Crippen LogP) is 4.59. The van der Waals surface area contributed by atoms with Gasteiger partial charge in [-0.15, -0.1) is 0 Å². The lowest BCUT2D eigenvalue weighted by Crippen LogP contribution is -2.42. The highest BCUT2D eigenvalue weighted by Gasteiger charge is 2.26. The van der Waals surface area contributed by atoms with Crippen LogP contribution in [0.15, 0.2) is 51.7 Å². The van der Waals surface area contributed by atoms with Gasteiger partial charge < -0.3 is 19.2 Å². The zero-order valence-corrected chi connectivity index (χ0v) is 18.8. The number of esters is 1. The molecular weight excluding hydrogens is 422 g/mol. The molecule has 0 aliphatic heterocycles. The number of hydrogen-bond acceptors (Lipinski definition) is 6. The van der Waals surface area contributed by atoms with Crippen LogP contribution in [-0.4, -0.2) is 18.1 Å². The third-order valence-corrected chi connectivity index (χ3v) is 5.84. The van der Waals surface area contributed by atoms with Crippen molar-refractivity contribution in [1.29, 1.82) is 0 Å². The van der Waals surface area contributed by atoms with Crippen LogP contribution in [0.4, 0.5) is 4.79 Å². The lowest BCUT2D eigenvalue weighted by Gasteiger charge is -2.20. The van der Waals surface area contributed by atoms with E-state index in [0.29, 0.717) is 35.1 Å². The summed E-state index contributed by atoms with van der Waals surface area (Å²) < 4.78 is 16.5. The van der Waals surface area contributed by atoms with Gasteiger partial charge in [-0.2, -0.15) is 0 Å². The first-order valence-corrected chi connectivity index (χ1v) is 11.2. The van der Waals surface area contributed by atoms with E-state index in [1.807, 2.05) is 37.3 Å². The van der Waals surface area contributed by atoms with Crippen LogP contribution in [0.2, 0.25) is 0 Å². The van der Waals surface area contributed by atoms with E-state index in [-0.39, 0.29) is 12.2 Å². The number of ether oxygens (including phenoxy) is 2. The molecule has 0 unspecified atom stereocenters. The molecule has 1 aliphatic carbocycles. The maximum atomic E-state index is 13.0. The number of rotatable bonds is 6. The number of benzene rings is 2. The van der Waals surface area contributed by atoms with Crippen LogP contribution in [0.1, 0.15) is 48.4 Å². The molecule has 0 saturated heterocycles. The summed E-state index contributed by atoms with van der Waals surface area (Å²) in [4.78, 5) is 37.6. The van der Waals surface area contributed by atoms with Crippen molar-refractivity contribution in [3.8, 4) is 5.75 Å². The largest absolute Gasteiger partial charge is 0.445 e. The molecule has 1 N–H and O–H groups in total. The Labute approximate surface area is 191 Å². The molecule has 3 aromatic rings. The molecule has 7 nitrogen and oxygen atoms in total. The first-order valence-electron chi connectivity index (χ1n) is 11.2. The molecule has 0 radical (unpaired) electrons. The molecule has 4 rings (SSSR count). The molecule has 0 saturated carbocycles. The second-order valence-corrected chi connectivity index (χ2v) is 8.28. The Morgan fingerprint density at radius 3 is 2.55 bits per heavy atom. The van der Waals surface area contributed by atoms with Gasteiger partial charge in [0.15, 0.2) is 0 Å². The summed E-state index contributed by atoms with van der Waals surface area (Å²) in [5.41, 5.74) is 3.28. The predicted molar refractivity (Wildman–Crippen MR) is 123 cm³/mol. The van der Waals surface area contributed by atoms with Crippen LogP contribution in [-0.2, 0) is 29.0 Å². The van der Waals surface area contributed by atoms with Gasteiger partial charge in [-0.25, -0.2) is 14.4 Å². The fourth-order valence-corrected chi connectivity index (χ4v) is 4.16. The van der Waals surface area contributed by atoms with E-state index in [0.717, 1.165) is 36.0 Å². The van der Waals surface area contributed by atoms with Gasteiger partial charge >= 0.3 is 17.7 Å². The number of carbonyl (C=O) groups excluding carboxylic acids is 2. The standard InChI is InChI=1S/C26H27NO6/c1-3-20(27-26(30)31-15-17-9-5-4-6-10-17)25(29)33-22-14-16(2)13-21-23(22)18-11-7-8-12-19(18)24(28)32-21/h4-6,9-10,13-14,20H,3,7-8,11-12,15H2,1-2H3,(H,27,30)/t20-/m0/s1. The lowest BCUT2D eigenvalue weighted by molar-refractivity contribution is -0.136. The molecule has 1 heterocycles. The van der Waals surface area contributed by atoms with Gasteiger partial charge in [-0.3, -0.25) is 0 Å². The minimum atomic E-state index is -0.879. The van der Waals surface area contributed by atoms with Gasteiger partial charge in [0.25, 0.3) is 0 Å². The van der Waals surface area contributed by atoms with Crippen LogP contribution in [0.3, 0.4) is 0 Å². The summed E-state index contributed by atoms with van der Waals surface area (Å²) in [7, 11) is 0. The molecule has 0 bridgehead atoms. The average Bonchev–Trinajstić information content (AvgIpc) is 2.81. The van der Waals surface area contributed by atoms with Crippen molar-refractivity contribution in [3.63, 3.8) is 0 Å². The summed E-state index contributed by atoms with van der Waals surface area (Å²) in [5, 5.41) is 3.24. The molecule has 7 heteroatoms. The van der Waals surface area contributed by atoms with E-state index in [4.69, 9.17) is 13.9 Å². The van der Waals surface area contributed by atoms with Crippen LogP contribution in [0.5, 0.6) is 5.75 Å². The normalized spacial score (nSPS) is 13.8. The molecule has 1 aromatic heterocycles. The Morgan fingerprint density at radius 1 is 1.09 bits per heavy atom. The zero-order chi connectivity index (χ0) is 23.4. The fraction of sp³-hybridized carbons (Fsp3) is 0.346. The average molecular weight is 450 g/mol. The van der Waals surface area contributed by atoms with Crippen molar-refractivity contribution in [2.75, 3.05) is 0 Å². The summed E-state index contributed by atoms with van der Waals surface area (Å²) in [6.07, 6.45) is 2.90. The van der Waals surface area contributed by atoms with Gasteiger partial charge in [-0.1, -0.05) is 37.3 Å². The molecule has 1 amide bonds. The van der Waals surface area contributed by atoms with Gasteiger partial charge in [0.2, 0.25) is 0 Å². The summed E-state index contributed by atoms with van der Waals surface area (Å²) in [5.74, 6) is -0.258. The minimum Gasteiger partial charge on any atom is -0.445 e. The van der Waals surface area contributed by atoms with Crippen LogP contribution in [0.25, 0.3) is 11.0 Å². The first-order chi connectivity index (χ1) is 16.0. The van der Waals surface area contributed by atoms with E-state index in [9.17, 15) is 14.4 Å². The van der Waals surface area contributed by atoms with Crippen LogP contribution in [0, 0.1) is 6.92 Å². The molecule has 1 atom stereocenters. The van der Waals surface area contributed by atoms with Crippen molar-refractivity contribution < 1.29 is 23.5 Å². The second kappa shape index (κ2) is 9.90. The molecule has 172 valence electrons. The highest BCUT2D eigenvalue weighted by molar-refractivity contribution is 5.92. The zero-order valence-electron chi connectivity index (χ0n) is 18.8. The number of aryl methyl sites for hydroxylation is 2. The Morgan fingerprint density at radius 2 is 1.82 bits per heavy atom. The highest BCUT2D eigenvalue weighted by Crippen LogP contribution is 2.34. The SMILES string of the molecule is CC[C@H](NC(=O)OCc1ccccc1)C(=O)Oc1cc(C)cc2oc(=O)c3c(c12)CCCC3. The van der Waals surface area contributed by atoms with E-state index in [2.05, 4.69) is 5.32 Å². The van der Waals surface area contributed by atoms with Crippen molar-refractivity contribution >= 4 is 23.0 Å². The smallest absolute Gasteiger partial charge is 0.408 e. The third kappa shape index (κ3) is 5.08. The number of nitrogens with one attached hydrogen (secondary N) is 1. The van der Waals surface area contributed by atoms with Gasteiger partial charge in [0, 0.05) is 5.56 Å². The monoisotopic (exact) mass is 449 g/mol.